The van der Waals surface area contributed by atoms with E-state index in [-0.39, 0.29) is 11.5 Å². The molecule has 164 valence electrons. The highest BCUT2D eigenvalue weighted by atomic mass is 35.5. The number of hydrogen-bond donors (Lipinski definition) is 1. The van der Waals surface area contributed by atoms with Gasteiger partial charge in [-0.15, -0.1) is 0 Å². The smallest absolute Gasteiger partial charge is 0.258 e. The van der Waals surface area contributed by atoms with Gasteiger partial charge in [0.15, 0.2) is 0 Å². The molecule has 6 nitrogen and oxygen atoms in total. The molecule has 1 aliphatic heterocycles. The van der Waals surface area contributed by atoms with Crippen LogP contribution in [0.2, 0.25) is 5.02 Å². The topological polar surface area (TPSA) is 65.5 Å². The normalized spacial score (nSPS) is 13.7. The van der Waals surface area contributed by atoms with Crippen molar-refractivity contribution in [2.75, 3.05) is 36.4 Å². The van der Waals surface area contributed by atoms with Crippen molar-refractivity contribution in [1.82, 2.24) is 9.88 Å². The highest BCUT2D eigenvalue weighted by Crippen LogP contribution is 2.21. The van der Waals surface area contributed by atoms with Gasteiger partial charge in [0.25, 0.3) is 11.8 Å². The number of piperazine rings is 1. The maximum absolute atomic E-state index is 13.8. The van der Waals surface area contributed by atoms with Gasteiger partial charge in [0, 0.05) is 32.2 Å². The fraction of sp³-hybridized carbons (Fsp3) is 0.174. The number of amides is 2. The zero-order valence-corrected chi connectivity index (χ0v) is 17.6. The number of pyridine rings is 1. The lowest BCUT2D eigenvalue weighted by atomic mass is 10.2. The lowest BCUT2D eigenvalue weighted by molar-refractivity contribution is 0.0746. The number of anilines is 2. The minimum atomic E-state index is -0.934. The Morgan fingerprint density at radius 1 is 0.938 bits per heavy atom. The van der Waals surface area contributed by atoms with E-state index in [0.29, 0.717) is 54.3 Å². The van der Waals surface area contributed by atoms with Crippen LogP contribution in [0.4, 0.5) is 20.3 Å². The largest absolute Gasteiger partial charge is 0.353 e. The number of carbonyl (C=O) groups excluding carboxylic acids is 2. The van der Waals surface area contributed by atoms with Crippen LogP contribution in [0.1, 0.15) is 20.7 Å². The Kier molecular flexibility index (Phi) is 6.32. The average Bonchev–Trinajstić information content (AvgIpc) is 2.79. The Hall–Kier alpha value is -3.52. The first-order valence-electron chi connectivity index (χ1n) is 9.93. The molecule has 1 fully saturated rings. The number of carbonyl (C=O) groups is 2. The number of aromatic nitrogens is 1. The molecule has 2 amide bonds. The summed E-state index contributed by atoms with van der Waals surface area (Å²) < 4.78 is 26.8. The van der Waals surface area contributed by atoms with Gasteiger partial charge in [-0.3, -0.25) is 9.59 Å². The number of hydrogen-bond acceptors (Lipinski definition) is 4. The number of halogens is 3. The first-order chi connectivity index (χ1) is 15.4. The maximum Gasteiger partial charge on any atom is 0.258 e. The van der Waals surface area contributed by atoms with Crippen LogP contribution in [0.15, 0.2) is 60.8 Å². The van der Waals surface area contributed by atoms with Gasteiger partial charge in [-0.25, -0.2) is 13.8 Å². The molecular weight excluding hydrogens is 438 g/mol. The van der Waals surface area contributed by atoms with Crippen molar-refractivity contribution in [3.63, 3.8) is 0 Å². The number of rotatable bonds is 4. The Labute approximate surface area is 188 Å². The summed E-state index contributed by atoms with van der Waals surface area (Å²) in [5.41, 5.74) is 0.614. The molecule has 32 heavy (non-hydrogen) atoms. The van der Waals surface area contributed by atoms with E-state index in [1.165, 1.54) is 6.20 Å². The molecule has 0 bridgehead atoms. The lowest BCUT2D eigenvalue weighted by Gasteiger charge is -2.35. The molecule has 2 aromatic carbocycles. The summed E-state index contributed by atoms with van der Waals surface area (Å²) in [7, 11) is 0. The molecular formula is C23H19ClF2N4O2. The molecule has 4 rings (SSSR count). The van der Waals surface area contributed by atoms with Crippen molar-refractivity contribution in [2.45, 2.75) is 0 Å². The van der Waals surface area contributed by atoms with Crippen molar-refractivity contribution >= 4 is 34.9 Å². The maximum atomic E-state index is 13.8. The number of nitrogens with one attached hydrogen (secondary N) is 1. The van der Waals surface area contributed by atoms with E-state index >= 15 is 0 Å². The summed E-state index contributed by atoms with van der Waals surface area (Å²) in [5, 5.41) is 2.98. The second-order valence-electron chi connectivity index (χ2n) is 7.24. The van der Waals surface area contributed by atoms with E-state index in [1.807, 2.05) is 4.90 Å². The summed E-state index contributed by atoms with van der Waals surface area (Å²) in [4.78, 5) is 33.0. The third-order valence-electron chi connectivity index (χ3n) is 5.18. The number of benzene rings is 2. The van der Waals surface area contributed by atoms with Gasteiger partial charge in [-0.1, -0.05) is 23.7 Å². The Balaban J connectivity index is 1.35. The van der Waals surface area contributed by atoms with Gasteiger partial charge in [-0.2, -0.15) is 0 Å². The summed E-state index contributed by atoms with van der Waals surface area (Å²) in [5.74, 6) is -1.78. The Morgan fingerprint density at radius 2 is 1.69 bits per heavy atom. The van der Waals surface area contributed by atoms with E-state index < -0.39 is 17.5 Å². The molecule has 1 aromatic heterocycles. The first kappa shape index (κ1) is 21.7. The molecule has 1 aliphatic rings. The molecule has 0 spiro atoms. The van der Waals surface area contributed by atoms with E-state index in [2.05, 4.69) is 10.3 Å². The van der Waals surface area contributed by atoms with Crippen LogP contribution in [-0.4, -0.2) is 47.9 Å². The van der Waals surface area contributed by atoms with E-state index in [0.717, 1.165) is 12.1 Å². The third kappa shape index (κ3) is 4.70. The van der Waals surface area contributed by atoms with Crippen LogP contribution in [-0.2, 0) is 0 Å². The van der Waals surface area contributed by atoms with Gasteiger partial charge in [0.2, 0.25) is 0 Å². The van der Waals surface area contributed by atoms with E-state index in [4.69, 9.17) is 11.6 Å². The molecule has 0 aliphatic carbocycles. The van der Waals surface area contributed by atoms with Crippen LogP contribution in [0.5, 0.6) is 0 Å². The van der Waals surface area contributed by atoms with Crippen LogP contribution >= 0.6 is 11.6 Å². The minimum Gasteiger partial charge on any atom is -0.353 e. The van der Waals surface area contributed by atoms with Crippen molar-refractivity contribution in [1.29, 1.82) is 0 Å². The summed E-state index contributed by atoms with van der Waals surface area (Å²) >= 11 is 6.13. The van der Waals surface area contributed by atoms with Crippen molar-refractivity contribution in [2.24, 2.45) is 0 Å². The SMILES string of the molecule is O=C(Nc1ccc(N2CCN(C(=O)c3ccccc3Cl)CC2)nc1)c1ccc(F)cc1F. The summed E-state index contributed by atoms with van der Waals surface area (Å²) in [6.45, 7) is 2.23. The molecule has 0 saturated carbocycles. The standard InChI is InChI=1S/C23H19ClF2N4O2/c24-19-4-2-1-3-17(19)23(32)30-11-9-29(10-12-30)21-8-6-16(14-27-21)28-22(31)18-7-5-15(25)13-20(18)26/h1-8,13-14H,9-12H2,(H,28,31). The highest BCUT2D eigenvalue weighted by Gasteiger charge is 2.24. The molecule has 9 heteroatoms. The lowest BCUT2D eigenvalue weighted by Crippen LogP contribution is -2.49. The average molecular weight is 457 g/mol. The van der Waals surface area contributed by atoms with Crippen LogP contribution in [0, 0.1) is 11.6 Å². The van der Waals surface area contributed by atoms with Crippen molar-refractivity contribution in [3.05, 3.63) is 88.6 Å². The monoisotopic (exact) mass is 456 g/mol. The first-order valence-corrected chi connectivity index (χ1v) is 10.3. The minimum absolute atomic E-state index is 0.103. The molecule has 0 radical (unpaired) electrons. The Morgan fingerprint density at radius 3 is 2.34 bits per heavy atom. The van der Waals surface area contributed by atoms with Gasteiger partial charge >= 0.3 is 0 Å². The molecule has 3 aromatic rings. The second-order valence-corrected chi connectivity index (χ2v) is 7.65. The fourth-order valence-corrected chi connectivity index (χ4v) is 3.68. The van der Waals surface area contributed by atoms with Gasteiger partial charge in [-0.05, 0) is 36.4 Å². The van der Waals surface area contributed by atoms with Gasteiger partial charge in [0.1, 0.15) is 17.5 Å². The molecule has 0 atom stereocenters. The van der Waals surface area contributed by atoms with Crippen molar-refractivity contribution < 1.29 is 18.4 Å². The van der Waals surface area contributed by atoms with Crippen LogP contribution in [0.3, 0.4) is 0 Å². The van der Waals surface area contributed by atoms with E-state index in [1.54, 1.807) is 41.3 Å². The Bertz CT molecular complexity index is 1150. The molecule has 2 heterocycles. The predicted molar refractivity (Wildman–Crippen MR) is 118 cm³/mol. The van der Waals surface area contributed by atoms with E-state index in [9.17, 15) is 18.4 Å². The molecule has 1 N–H and O–H groups in total. The second kappa shape index (κ2) is 9.32. The van der Waals surface area contributed by atoms with Gasteiger partial charge < -0.3 is 15.1 Å². The van der Waals surface area contributed by atoms with Crippen molar-refractivity contribution in [3.8, 4) is 0 Å². The fourth-order valence-electron chi connectivity index (χ4n) is 3.46. The van der Waals surface area contributed by atoms with Gasteiger partial charge in [0.05, 0.1) is 28.0 Å². The highest BCUT2D eigenvalue weighted by molar-refractivity contribution is 6.33. The van der Waals surface area contributed by atoms with Crippen LogP contribution < -0.4 is 10.2 Å². The molecule has 1 saturated heterocycles. The zero-order valence-electron chi connectivity index (χ0n) is 16.9. The molecule has 0 unspecified atom stereocenters. The number of nitrogens with zero attached hydrogens (tertiary/aromatic N) is 3. The summed E-state index contributed by atoms with van der Waals surface area (Å²) in [6.07, 6.45) is 1.47. The zero-order chi connectivity index (χ0) is 22.7. The summed E-state index contributed by atoms with van der Waals surface area (Å²) in [6, 6.07) is 13.1. The van der Waals surface area contributed by atoms with Crippen LogP contribution in [0.25, 0.3) is 0 Å². The third-order valence-corrected chi connectivity index (χ3v) is 5.51. The predicted octanol–water partition coefficient (Wildman–Crippen LogP) is 4.23. The quantitative estimate of drug-likeness (QED) is 0.638.